The average molecular weight is 539 g/mol. The standard InChI is InChI=1S/C27H31ClN6O2S/c1-15-7-18(28)8-20(21(15)13-33-16(2)10-29-11-17(33)3)24-25-22(30-14-31-24)9-19(37-25)12-34-26(35)23-5-4-6-32(23)27(34)36/h7-9,14,16-17,23,29H,4-6,10-13H2,1-3H3/t16-,17-,23-/m0/s1. The summed E-state index contributed by atoms with van der Waals surface area (Å²) in [5.74, 6) is -0.0849. The Morgan fingerprint density at radius 1 is 1.11 bits per heavy atom. The first kappa shape index (κ1) is 24.7. The molecule has 3 amide bonds. The molecule has 3 aliphatic heterocycles. The van der Waals surface area contributed by atoms with E-state index in [4.69, 9.17) is 16.6 Å². The predicted molar refractivity (Wildman–Crippen MR) is 146 cm³/mol. The number of benzene rings is 1. The number of piperazine rings is 1. The average Bonchev–Trinajstić information content (AvgIpc) is 3.56. The second-order valence-corrected chi connectivity index (χ2v) is 12.1. The number of fused-ring (bicyclic) bond motifs is 2. The first-order valence-corrected chi connectivity index (χ1v) is 14.1. The number of aryl methyl sites for hydroxylation is 1. The summed E-state index contributed by atoms with van der Waals surface area (Å²) >= 11 is 8.12. The zero-order valence-corrected chi connectivity index (χ0v) is 22.9. The molecule has 3 aromatic rings. The lowest BCUT2D eigenvalue weighted by atomic mass is 9.96. The largest absolute Gasteiger partial charge is 0.327 e. The van der Waals surface area contributed by atoms with Gasteiger partial charge in [0, 0.05) is 53.7 Å². The van der Waals surface area contributed by atoms with Crippen molar-refractivity contribution >= 4 is 45.1 Å². The molecule has 194 valence electrons. The van der Waals surface area contributed by atoms with Crippen molar-refractivity contribution in [2.24, 2.45) is 0 Å². The Bertz CT molecular complexity index is 1360. The van der Waals surface area contributed by atoms with Crippen molar-refractivity contribution in [3.8, 4) is 11.3 Å². The fourth-order valence-corrected chi connectivity index (χ4v) is 7.39. The molecule has 0 bridgehead atoms. The summed E-state index contributed by atoms with van der Waals surface area (Å²) in [6, 6.07) is 6.37. The molecule has 2 aromatic heterocycles. The van der Waals surface area contributed by atoms with Crippen LogP contribution in [0.25, 0.3) is 21.5 Å². The van der Waals surface area contributed by atoms with Crippen molar-refractivity contribution in [3.63, 3.8) is 0 Å². The van der Waals surface area contributed by atoms with Gasteiger partial charge in [-0.15, -0.1) is 11.3 Å². The topological polar surface area (TPSA) is 81.7 Å². The number of aromatic nitrogens is 2. The van der Waals surface area contributed by atoms with Crippen molar-refractivity contribution in [1.29, 1.82) is 0 Å². The van der Waals surface area contributed by atoms with Crippen LogP contribution in [0.2, 0.25) is 5.02 Å². The van der Waals surface area contributed by atoms with Crippen molar-refractivity contribution in [3.05, 3.63) is 45.6 Å². The number of carbonyl (C=O) groups excluding carboxylic acids is 2. The highest BCUT2D eigenvalue weighted by Gasteiger charge is 2.47. The van der Waals surface area contributed by atoms with Gasteiger partial charge >= 0.3 is 6.03 Å². The minimum Gasteiger partial charge on any atom is -0.314 e. The van der Waals surface area contributed by atoms with Crippen LogP contribution >= 0.6 is 22.9 Å². The molecular weight excluding hydrogens is 508 g/mol. The zero-order chi connectivity index (χ0) is 25.8. The molecule has 0 spiro atoms. The van der Waals surface area contributed by atoms with Crippen LogP contribution < -0.4 is 5.32 Å². The van der Waals surface area contributed by atoms with E-state index in [1.54, 1.807) is 22.6 Å². The summed E-state index contributed by atoms with van der Waals surface area (Å²) in [4.78, 5) is 41.5. The molecule has 3 atom stereocenters. The Balaban J connectivity index is 1.37. The van der Waals surface area contributed by atoms with Gasteiger partial charge in [0.25, 0.3) is 5.91 Å². The molecule has 3 aliphatic rings. The van der Waals surface area contributed by atoms with E-state index >= 15 is 0 Å². The number of thiophene rings is 1. The number of amides is 3. The molecule has 1 N–H and O–H groups in total. The maximum atomic E-state index is 12.9. The van der Waals surface area contributed by atoms with E-state index < -0.39 is 0 Å². The quantitative estimate of drug-likeness (QED) is 0.484. The fourth-order valence-electron chi connectivity index (χ4n) is 6.02. The molecule has 37 heavy (non-hydrogen) atoms. The molecular formula is C27H31ClN6O2S. The van der Waals surface area contributed by atoms with Crippen LogP contribution in [-0.4, -0.2) is 74.4 Å². The molecule has 0 unspecified atom stereocenters. The van der Waals surface area contributed by atoms with Gasteiger partial charge < -0.3 is 10.2 Å². The summed E-state index contributed by atoms with van der Waals surface area (Å²) in [5, 5.41) is 4.18. The summed E-state index contributed by atoms with van der Waals surface area (Å²) in [6.45, 7) is 10.3. The number of nitrogens with zero attached hydrogens (tertiary/aromatic N) is 5. The molecule has 3 fully saturated rings. The number of halogens is 1. The lowest BCUT2D eigenvalue weighted by molar-refractivity contribution is -0.128. The van der Waals surface area contributed by atoms with Gasteiger partial charge in [-0.3, -0.25) is 14.6 Å². The highest BCUT2D eigenvalue weighted by molar-refractivity contribution is 7.19. The maximum absolute atomic E-state index is 12.9. The Hall–Kier alpha value is -2.59. The molecule has 1 aromatic carbocycles. The van der Waals surface area contributed by atoms with Crippen LogP contribution in [0.3, 0.4) is 0 Å². The van der Waals surface area contributed by atoms with Crippen LogP contribution in [0.4, 0.5) is 4.79 Å². The molecule has 6 rings (SSSR count). The molecule has 8 nitrogen and oxygen atoms in total. The van der Waals surface area contributed by atoms with Crippen LogP contribution in [0.1, 0.15) is 42.7 Å². The summed E-state index contributed by atoms with van der Waals surface area (Å²) in [6.07, 6.45) is 3.24. The Labute approximate surface area is 225 Å². The highest BCUT2D eigenvalue weighted by atomic mass is 35.5. The fraction of sp³-hybridized carbons (Fsp3) is 0.481. The first-order valence-electron chi connectivity index (χ1n) is 12.9. The normalized spacial score (nSPS) is 24.5. The van der Waals surface area contributed by atoms with Gasteiger partial charge in [0.15, 0.2) is 0 Å². The predicted octanol–water partition coefficient (Wildman–Crippen LogP) is 4.43. The Morgan fingerprint density at radius 2 is 1.89 bits per heavy atom. The molecule has 0 saturated carbocycles. The number of rotatable bonds is 5. The Kier molecular flexibility index (Phi) is 6.43. The van der Waals surface area contributed by atoms with Crippen LogP contribution in [-0.2, 0) is 17.9 Å². The van der Waals surface area contributed by atoms with Gasteiger partial charge in [-0.1, -0.05) is 11.6 Å². The molecule has 0 aliphatic carbocycles. The number of imide groups is 1. The van der Waals surface area contributed by atoms with E-state index in [2.05, 4.69) is 36.0 Å². The van der Waals surface area contributed by atoms with Crippen molar-refractivity contribution in [2.45, 2.75) is 64.8 Å². The third-order valence-electron chi connectivity index (χ3n) is 8.00. The van der Waals surface area contributed by atoms with E-state index in [1.165, 1.54) is 10.5 Å². The highest BCUT2D eigenvalue weighted by Crippen LogP contribution is 2.38. The van der Waals surface area contributed by atoms with E-state index in [9.17, 15) is 9.59 Å². The van der Waals surface area contributed by atoms with Crippen molar-refractivity contribution in [2.75, 3.05) is 19.6 Å². The minimum absolute atomic E-state index is 0.0849. The zero-order valence-electron chi connectivity index (χ0n) is 21.3. The van der Waals surface area contributed by atoms with Crippen LogP contribution in [0.5, 0.6) is 0 Å². The molecule has 5 heterocycles. The second kappa shape index (κ2) is 9.62. The van der Waals surface area contributed by atoms with Gasteiger partial charge in [0.05, 0.1) is 22.5 Å². The third-order valence-corrected chi connectivity index (χ3v) is 9.34. The SMILES string of the molecule is Cc1cc(Cl)cc(-c2ncnc3cc(CN4C(=O)[C@@H]5CCCN5C4=O)sc23)c1CN1[C@@H](C)CNC[C@@H]1C. The van der Waals surface area contributed by atoms with Gasteiger partial charge in [-0.2, -0.15) is 0 Å². The summed E-state index contributed by atoms with van der Waals surface area (Å²) in [7, 11) is 0. The van der Waals surface area contributed by atoms with Crippen molar-refractivity contribution in [1.82, 2.24) is 30.0 Å². The van der Waals surface area contributed by atoms with Gasteiger partial charge in [-0.25, -0.2) is 14.8 Å². The number of carbonyl (C=O) groups is 2. The van der Waals surface area contributed by atoms with E-state index in [0.29, 0.717) is 23.7 Å². The molecule has 10 heteroatoms. The second-order valence-electron chi connectivity index (χ2n) is 10.5. The molecule has 0 radical (unpaired) electrons. The van der Waals surface area contributed by atoms with E-state index in [-0.39, 0.29) is 24.5 Å². The lowest BCUT2D eigenvalue weighted by Crippen LogP contribution is -2.54. The number of urea groups is 1. The number of hydrogen-bond acceptors (Lipinski definition) is 7. The number of hydrogen-bond donors (Lipinski definition) is 1. The first-order chi connectivity index (χ1) is 17.8. The number of nitrogens with one attached hydrogen (secondary N) is 1. The minimum atomic E-state index is -0.288. The maximum Gasteiger partial charge on any atom is 0.327 e. The van der Waals surface area contributed by atoms with Gasteiger partial charge in [-0.05, 0) is 62.9 Å². The van der Waals surface area contributed by atoms with E-state index in [1.807, 2.05) is 18.2 Å². The Morgan fingerprint density at radius 3 is 2.65 bits per heavy atom. The monoisotopic (exact) mass is 538 g/mol. The van der Waals surface area contributed by atoms with Gasteiger partial charge in [0.2, 0.25) is 0 Å². The van der Waals surface area contributed by atoms with Crippen LogP contribution in [0.15, 0.2) is 24.5 Å². The molecule has 3 saturated heterocycles. The third kappa shape index (κ3) is 4.31. The van der Waals surface area contributed by atoms with Crippen LogP contribution in [0, 0.1) is 6.92 Å². The lowest BCUT2D eigenvalue weighted by Gasteiger charge is -2.40. The van der Waals surface area contributed by atoms with Gasteiger partial charge in [0.1, 0.15) is 12.4 Å². The smallest absolute Gasteiger partial charge is 0.314 e. The van der Waals surface area contributed by atoms with E-state index in [0.717, 1.165) is 64.4 Å². The summed E-state index contributed by atoms with van der Waals surface area (Å²) < 4.78 is 0.946. The van der Waals surface area contributed by atoms with Crippen molar-refractivity contribution < 1.29 is 9.59 Å². The summed E-state index contributed by atoms with van der Waals surface area (Å²) in [5.41, 5.74) is 5.02.